The molecular formula is C52H45N5O9S. The molecule has 1 aromatic heterocycles. The number of ether oxygens (including phenoxy) is 1. The minimum Gasteiger partial charge on any atom is -0.508 e. The highest BCUT2D eigenvalue weighted by atomic mass is 32.1. The molecule has 1 saturated heterocycles. The van der Waals surface area contributed by atoms with Crippen LogP contribution in [0.5, 0.6) is 17.2 Å². The number of hydrogen-bond donors (Lipinski definition) is 5. The van der Waals surface area contributed by atoms with Crippen LogP contribution in [0, 0.1) is 11.8 Å². The topological polar surface area (TPSA) is 204 Å². The second-order valence-corrected chi connectivity index (χ2v) is 17.1. The summed E-state index contributed by atoms with van der Waals surface area (Å²) in [7, 11) is 0. The van der Waals surface area contributed by atoms with E-state index in [0.29, 0.717) is 56.9 Å². The molecule has 0 aliphatic carbocycles. The summed E-state index contributed by atoms with van der Waals surface area (Å²) in [5.74, 6) is 5.08. The van der Waals surface area contributed by atoms with Gasteiger partial charge in [-0.1, -0.05) is 42.9 Å². The van der Waals surface area contributed by atoms with Crippen molar-refractivity contribution in [3.8, 4) is 39.5 Å². The number of amides is 5. The summed E-state index contributed by atoms with van der Waals surface area (Å²) in [5.41, 5.74) is 7.08. The molecule has 0 saturated carbocycles. The average Bonchev–Trinajstić information content (AvgIpc) is 3.87. The van der Waals surface area contributed by atoms with Gasteiger partial charge >= 0.3 is 0 Å². The van der Waals surface area contributed by atoms with Crippen LogP contribution in [0.2, 0.25) is 0 Å². The summed E-state index contributed by atoms with van der Waals surface area (Å²) in [6.07, 6.45) is 5.67. The molecule has 338 valence electrons. The van der Waals surface area contributed by atoms with Gasteiger partial charge in [0.15, 0.2) is 5.78 Å². The van der Waals surface area contributed by atoms with E-state index in [1.807, 2.05) is 30.3 Å². The summed E-state index contributed by atoms with van der Waals surface area (Å²) in [6.45, 7) is 0.913. The average molecular weight is 916 g/mol. The first-order valence-electron chi connectivity index (χ1n) is 21.8. The van der Waals surface area contributed by atoms with Crippen molar-refractivity contribution in [1.29, 1.82) is 0 Å². The third-order valence-electron chi connectivity index (χ3n) is 11.4. The number of hydrogen-bond acceptors (Lipinski definition) is 11. The number of carbonyl (C=O) groups excluding carboxylic acids is 6. The van der Waals surface area contributed by atoms with Crippen LogP contribution in [-0.4, -0.2) is 75.8 Å². The maximum Gasteiger partial charge on any atom is 0.271 e. The molecule has 5 amide bonds. The molecule has 5 N–H and O–H groups in total. The number of rotatable bonds is 16. The number of imide groups is 1. The Morgan fingerprint density at radius 3 is 2.39 bits per heavy atom. The number of nitrogens with one attached hydrogen (secondary N) is 3. The highest BCUT2D eigenvalue weighted by Crippen LogP contribution is 2.41. The highest BCUT2D eigenvalue weighted by molar-refractivity contribution is 7.22. The van der Waals surface area contributed by atoms with Crippen molar-refractivity contribution in [3.63, 3.8) is 0 Å². The van der Waals surface area contributed by atoms with Gasteiger partial charge in [-0.25, -0.2) is 5.43 Å². The van der Waals surface area contributed by atoms with E-state index in [0.717, 1.165) is 47.1 Å². The monoisotopic (exact) mass is 915 g/mol. The van der Waals surface area contributed by atoms with Crippen LogP contribution in [0.3, 0.4) is 0 Å². The van der Waals surface area contributed by atoms with Crippen molar-refractivity contribution in [2.45, 2.75) is 57.5 Å². The SMILES string of the molecule is O=C(CCCCCCOc1ccc(C=NNC(=O)c2ccc(C(=O)c3c(-c4ccc(O)cc4)sc4cc(O)ccc34)cc2)cc1)NCC#Cc1cccc2c1CN(C1CCC(=O)NC1=O)C2=O. The first-order chi connectivity index (χ1) is 32.5. The van der Waals surface area contributed by atoms with Crippen LogP contribution >= 0.6 is 11.3 Å². The number of aromatic hydroxyl groups is 2. The Morgan fingerprint density at radius 2 is 1.61 bits per heavy atom. The van der Waals surface area contributed by atoms with Crippen LogP contribution < -0.4 is 20.8 Å². The molecule has 14 nitrogen and oxygen atoms in total. The van der Waals surface area contributed by atoms with Crippen molar-refractivity contribution in [3.05, 3.63) is 148 Å². The van der Waals surface area contributed by atoms with Gasteiger partial charge in [-0.2, -0.15) is 5.10 Å². The summed E-state index contributed by atoms with van der Waals surface area (Å²) >= 11 is 1.37. The van der Waals surface area contributed by atoms with E-state index in [-0.39, 0.29) is 60.9 Å². The molecule has 8 rings (SSSR count). The quantitative estimate of drug-likeness (QED) is 0.0166. The Kier molecular flexibility index (Phi) is 14.1. The van der Waals surface area contributed by atoms with E-state index in [4.69, 9.17) is 4.74 Å². The van der Waals surface area contributed by atoms with Gasteiger partial charge in [0.1, 0.15) is 23.3 Å². The number of fused-ring (bicyclic) bond motifs is 2. The molecule has 1 unspecified atom stereocenters. The molecule has 2 aliphatic heterocycles. The summed E-state index contributed by atoms with van der Waals surface area (Å²) < 4.78 is 6.62. The lowest BCUT2D eigenvalue weighted by Crippen LogP contribution is -2.52. The third-order valence-corrected chi connectivity index (χ3v) is 12.6. The summed E-state index contributed by atoms with van der Waals surface area (Å²) in [4.78, 5) is 78.4. The fourth-order valence-corrected chi connectivity index (χ4v) is 9.17. The number of nitrogens with zero attached hydrogens (tertiary/aromatic N) is 2. The molecule has 0 spiro atoms. The second kappa shape index (κ2) is 20.8. The molecule has 0 radical (unpaired) electrons. The van der Waals surface area contributed by atoms with Gasteiger partial charge in [-0.05, 0) is 127 Å². The first kappa shape index (κ1) is 45.5. The van der Waals surface area contributed by atoms with Crippen LogP contribution in [0.25, 0.3) is 20.5 Å². The Labute approximate surface area is 389 Å². The Hall–Kier alpha value is -8.09. The van der Waals surface area contributed by atoms with Gasteiger partial charge in [0.05, 0.1) is 19.4 Å². The fourth-order valence-electron chi connectivity index (χ4n) is 7.93. The van der Waals surface area contributed by atoms with E-state index in [9.17, 15) is 39.0 Å². The Balaban J connectivity index is 0.719. The van der Waals surface area contributed by atoms with Crippen molar-refractivity contribution >= 4 is 63.0 Å². The zero-order valence-corrected chi connectivity index (χ0v) is 37.0. The van der Waals surface area contributed by atoms with E-state index in [2.05, 4.69) is 33.0 Å². The second-order valence-electron chi connectivity index (χ2n) is 16.0. The van der Waals surface area contributed by atoms with Crippen molar-refractivity contribution in [2.24, 2.45) is 5.10 Å². The van der Waals surface area contributed by atoms with Gasteiger partial charge in [0.25, 0.3) is 11.8 Å². The maximum atomic E-state index is 13.9. The number of unbranched alkanes of at least 4 members (excludes halogenated alkanes) is 3. The molecule has 6 aromatic rings. The highest BCUT2D eigenvalue weighted by Gasteiger charge is 2.39. The Bertz CT molecular complexity index is 2970. The minimum atomic E-state index is -0.697. The van der Waals surface area contributed by atoms with Crippen molar-refractivity contribution in [1.82, 2.24) is 21.0 Å². The molecule has 1 fully saturated rings. The van der Waals surface area contributed by atoms with E-state index in [1.54, 1.807) is 72.8 Å². The molecule has 67 heavy (non-hydrogen) atoms. The lowest BCUT2D eigenvalue weighted by atomic mass is 9.97. The summed E-state index contributed by atoms with van der Waals surface area (Å²) in [5, 5.41) is 29.8. The zero-order chi connectivity index (χ0) is 46.9. The lowest BCUT2D eigenvalue weighted by molar-refractivity contribution is -0.137. The molecular weight excluding hydrogens is 871 g/mol. The number of piperidine rings is 1. The van der Waals surface area contributed by atoms with Crippen LogP contribution in [0.1, 0.15) is 98.3 Å². The van der Waals surface area contributed by atoms with Gasteiger partial charge in [-0.15, -0.1) is 11.3 Å². The molecule has 0 bridgehead atoms. The number of carbonyl (C=O) groups is 6. The van der Waals surface area contributed by atoms with Gasteiger partial charge in [0, 0.05) is 62.2 Å². The number of phenolic OH excluding ortho intramolecular Hbond substituents is 2. The third kappa shape index (κ3) is 10.9. The van der Waals surface area contributed by atoms with Crippen LogP contribution in [-0.2, 0) is 20.9 Å². The fraction of sp³-hybridized carbons (Fsp3) is 0.212. The van der Waals surface area contributed by atoms with E-state index < -0.39 is 17.9 Å². The number of ketones is 1. The van der Waals surface area contributed by atoms with Crippen LogP contribution in [0.4, 0.5) is 0 Å². The predicted octanol–water partition coefficient (Wildman–Crippen LogP) is 7.23. The van der Waals surface area contributed by atoms with Crippen LogP contribution in [0.15, 0.2) is 114 Å². The van der Waals surface area contributed by atoms with Crippen molar-refractivity contribution < 1.29 is 43.7 Å². The largest absolute Gasteiger partial charge is 0.508 e. The number of hydrazone groups is 1. The van der Waals surface area contributed by atoms with E-state index >= 15 is 0 Å². The van der Waals surface area contributed by atoms with E-state index in [1.165, 1.54) is 28.5 Å². The Morgan fingerprint density at radius 1 is 0.866 bits per heavy atom. The molecule has 2 aliphatic rings. The van der Waals surface area contributed by atoms with Gasteiger partial charge in [-0.3, -0.25) is 34.1 Å². The molecule has 1 atom stereocenters. The smallest absolute Gasteiger partial charge is 0.271 e. The number of phenols is 2. The summed E-state index contributed by atoms with van der Waals surface area (Å²) in [6, 6.07) is 29.6. The number of benzene rings is 5. The first-order valence-corrected chi connectivity index (χ1v) is 22.6. The predicted molar refractivity (Wildman–Crippen MR) is 253 cm³/mol. The molecule has 5 aromatic carbocycles. The van der Waals surface area contributed by atoms with Gasteiger partial charge in [0.2, 0.25) is 17.7 Å². The lowest BCUT2D eigenvalue weighted by Gasteiger charge is -2.29. The minimum absolute atomic E-state index is 0.0909. The van der Waals surface area contributed by atoms with Crippen molar-refractivity contribution in [2.75, 3.05) is 13.2 Å². The number of thiophene rings is 1. The molecule has 15 heteroatoms. The zero-order valence-electron chi connectivity index (χ0n) is 36.2. The standard InChI is InChI=1S/C52H45N5O9S/c58-37-19-17-35(18-20-37)49-47(41-24-21-38(59)29-44(41)67-49)48(62)34-13-15-36(16-14-34)50(63)56-54-30-32-11-22-39(23-12-32)66-28-4-2-1-3-10-45(60)53-27-6-8-33-7-5-9-40-42(33)31-57(52(40)65)43-25-26-46(61)55-51(43)64/h5,7,9,11-24,29-30,43,58-59H,1-4,10,25-28,31H2,(H,53,60)(H,56,63)(H,55,61,64). The molecule has 3 heterocycles. The van der Waals surface area contributed by atoms with Gasteiger partial charge < -0.3 is 25.2 Å². The normalized spacial score (nSPS) is 14.4. The maximum absolute atomic E-state index is 13.9.